The number of carboxylic acids is 2. The summed E-state index contributed by atoms with van der Waals surface area (Å²) in [5.41, 5.74) is 7.07. The number of nitrogens with two attached hydrogens (primary N) is 1. The first kappa shape index (κ1) is 53.8. The van der Waals surface area contributed by atoms with Gasteiger partial charge >= 0.3 is 11.9 Å². The standard InChI is InChI=1S/C46H66N8O12/c1-7-25(3)37(52-41(60)32(47)20-21-36(56)57)44(63)51-34(24-30-16-18-31(55)19-17-30)43(62)50-33(23-29-13-10-9-11-14-29)42(61)49-27(5)39(58)48-28(6)40(59)53-38(26(4)8-2)45(64)54-22-12-15-35(54)46(65)66/h9-11,13-14,16-19,25-28,32-35,37-38,55H,7-8,12,15,20-24,47H2,1-6H3,(H,48,58)(H,49,61)(H,50,62)(H,51,63)(H,52,60)(H,53,59)(H,56,57)(H,65,66)/t25-,26-,27-,28-,32-,33-,34-,35-,37-,38-/m0/s1. The molecule has 20 heteroatoms. The van der Waals surface area contributed by atoms with Crippen molar-refractivity contribution in [2.24, 2.45) is 17.6 Å². The van der Waals surface area contributed by atoms with Crippen LogP contribution in [0.2, 0.25) is 0 Å². The minimum absolute atomic E-state index is 0.0473. The Morgan fingerprint density at radius 1 is 0.636 bits per heavy atom. The van der Waals surface area contributed by atoms with Gasteiger partial charge in [0, 0.05) is 25.8 Å². The lowest BCUT2D eigenvalue weighted by atomic mass is 9.96. The molecule has 2 aromatic carbocycles. The molecule has 1 fully saturated rings. The highest BCUT2D eigenvalue weighted by Crippen LogP contribution is 2.22. The van der Waals surface area contributed by atoms with Crippen molar-refractivity contribution >= 4 is 53.3 Å². The highest BCUT2D eigenvalue weighted by Gasteiger charge is 2.40. The molecule has 1 aliphatic heterocycles. The van der Waals surface area contributed by atoms with Crippen molar-refractivity contribution < 1.29 is 58.5 Å². The second-order valence-corrected chi connectivity index (χ2v) is 17.0. The number of likely N-dealkylation sites (tertiary alicyclic amines) is 1. The van der Waals surface area contributed by atoms with Crippen LogP contribution in [0.15, 0.2) is 54.6 Å². The summed E-state index contributed by atoms with van der Waals surface area (Å²) >= 11 is 0. The van der Waals surface area contributed by atoms with Crippen molar-refractivity contribution in [3.63, 3.8) is 0 Å². The Hall–Kier alpha value is -6.57. The zero-order valence-electron chi connectivity index (χ0n) is 38.4. The summed E-state index contributed by atoms with van der Waals surface area (Å²) in [6, 6.07) is 4.90. The molecule has 0 aliphatic carbocycles. The molecule has 0 saturated carbocycles. The van der Waals surface area contributed by atoms with Crippen LogP contribution in [0, 0.1) is 11.8 Å². The van der Waals surface area contributed by atoms with Gasteiger partial charge in [0.2, 0.25) is 41.4 Å². The van der Waals surface area contributed by atoms with Crippen molar-refractivity contribution in [3.8, 4) is 5.75 Å². The van der Waals surface area contributed by atoms with Gasteiger partial charge in [-0.1, -0.05) is 83.0 Å². The molecule has 0 spiro atoms. The van der Waals surface area contributed by atoms with Crippen molar-refractivity contribution in [3.05, 3.63) is 65.7 Å². The van der Waals surface area contributed by atoms with Crippen LogP contribution in [0.5, 0.6) is 5.75 Å². The fourth-order valence-electron chi connectivity index (χ4n) is 7.25. The molecule has 1 aliphatic rings. The Bertz CT molecular complexity index is 2020. The molecule has 7 amide bonds. The number of phenolic OH excluding ortho intramolecular Hbond substituents is 1. The largest absolute Gasteiger partial charge is 0.508 e. The van der Waals surface area contributed by atoms with E-state index in [-0.39, 0.29) is 43.9 Å². The number of aromatic hydroxyl groups is 1. The Morgan fingerprint density at radius 3 is 1.67 bits per heavy atom. The van der Waals surface area contributed by atoms with Gasteiger partial charge in [0.1, 0.15) is 48.0 Å². The number of hydrogen-bond acceptors (Lipinski definition) is 11. The first-order valence-electron chi connectivity index (χ1n) is 22.3. The van der Waals surface area contributed by atoms with Gasteiger partial charge in [0.05, 0.1) is 6.04 Å². The Kier molecular flexibility index (Phi) is 21.0. The molecule has 0 unspecified atom stereocenters. The van der Waals surface area contributed by atoms with Crippen molar-refractivity contribution in [1.29, 1.82) is 0 Å². The minimum Gasteiger partial charge on any atom is -0.508 e. The predicted octanol–water partition coefficient (Wildman–Crippen LogP) is 0.486. The van der Waals surface area contributed by atoms with Crippen LogP contribution in [0.4, 0.5) is 0 Å². The number of benzene rings is 2. The maximum Gasteiger partial charge on any atom is 0.326 e. The molecule has 2 aromatic rings. The van der Waals surface area contributed by atoms with E-state index in [0.717, 1.165) is 0 Å². The van der Waals surface area contributed by atoms with Crippen LogP contribution in [0.1, 0.15) is 91.2 Å². The van der Waals surface area contributed by atoms with E-state index >= 15 is 0 Å². The fraction of sp³-hybridized carbons (Fsp3) is 0.543. The molecule has 0 radical (unpaired) electrons. The van der Waals surface area contributed by atoms with Gasteiger partial charge in [0.25, 0.3) is 0 Å². The van der Waals surface area contributed by atoms with E-state index in [1.165, 1.54) is 43.0 Å². The lowest BCUT2D eigenvalue weighted by Crippen LogP contribution is -2.61. The molecule has 362 valence electrons. The second-order valence-electron chi connectivity index (χ2n) is 17.0. The van der Waals surface area contributed by atoms with Gasteiger partial charge in [-0.3, -0.25) is 38.4 Å². The summed E-state index contributed by atoms with van der Waals surface area (Å²) in [5, 5.41) is 44.4. The number of hydrogen-bond donors (Lipinski definition) is 10. The van der Waals surface area contributed by atoms with Crippen LogP contribution >= 0.6 is 0 Å². The van der Waals surface area contributed by atoms with Crippen LogP contribution in [-0.4, -0.2) is 128 Å². The van der Waals surface area contributed by atoms with Crippen molar-refractivity contribution in [1.82, 2.24) is 36.8 Å². The second kappa shape index (κ2) is 25.8. The summed E-state index contributed by atoms with van der Waals surface area (Å²) < 4.78 is 0. The van der Waals surface area contributed by atoms with Gasteiger partial charge in [0.15, 0.2) is 0 Å². The smallest absolute Gasteiger partial charge is 0.326 e. The summed E-state index contributed by atoms with van der Waals surface area (Å²) in [6.45, 7) is 10.0. The zero-order chi connectivity index (χ0) is 49.2. The fourth-order valence-corrected chi connectivity index (χ4v) is 7.25. The van der Waals surface area contributed by atoms with E-state index in [4.69, 9.17) is 10.8 Å². The van der Waals surface area contributed by atoms with Crippen molar-refractivity contribution in [2.45, 2.75) is 141 Å². The van der Waals surface area contributed by atoms with E-state index in [1.54, 1.807) is 51.1 Å². The molecular weight excluding hydrogens is 857 g/mol. The van der Waals surface area contributed by atoms with Crippen LogP contribution < -0.4 is 37.6 Å². The van der Waals surface area contributed by atoms with Gasteiger partial charge in [-0.25, -0.2) is 4.79 Å². The number of carbonyl (C=O) groups is 9. The maximum absolute atomic E-state index is 14.3. The zero-order valence-corrected chi connectivity index (χ0v) is 38.4. The van der Waals surface area contributed by atoms with Gasteiger partial charge in [-0.2, -0.15) is 0 Å². The Morgan fingerprint density at radius 2 is 1.12 bits per heavy atom. The van der Waals surface area contributed by atoms with E-state index in [0.29, 0.717) is 36.8 Å². The third kappa shape index (κ3) is 16.1. The average Bonchev–Trinajstić information content (AvgIpc) is 3.79. The number of nitrogens with one attached hydrogen (secondary N) is 6. The molecular formula is C46H66N8O12. The number of aliphatic carboxylic acids is 2. The molecule has 66 heavy (non-hydrogen) atoms. The quantitative estimate of drug-likeness (QED) is 0.0649. The van der Waals surface area contributed by atoms with E-state index < -0.39 is 108 Å². The number of carbonyl (C=O) groups excluding carboxylic acids is 7. The lowest BCUT2D eigenvalue weighted by Gasteiger charge is -2.31. The molecule has 11 N–H and O–H groups in total. The SMILES string of the molecule is CC[C@H](C)[C@H](NC(=O)[C@@H](N)CCC(=O)O)C(=O)N[C@@H](Cc1ccc(O)cc1)C(=O)N[C@@H](Cc1ccccc1)C(=O)N[C@@H](C)C(=O)N[C@@H](C)C(=O)N[C@H](C(=O)N1CCC[C@H]1C(=O)O)[C@@H](C)CC. The summed E-state index contributed by atoms with van der Waals surface area (Å²) in [6.07, 6.45) is 0.954. The molecule has 10 atom stereocenters. The van der Waals surface area contributed by atoms with Gasteiger partial charge in [-0.15, -0.1) is 0 Å². The molecule has 20 nitrogen and oxygen atoms in total. The Labute approximate surface area is 384 Å². The van der Waals surface area contributed by atoms with Crippen molar-refractivity contribution in [2.75, 3.05) is 6.54 Å². The average molecular weight is 923 g/mol. The van der Waals surface area contributed by atoms with E-state index in [2.05, 4.69) is 31.9 Å². The normalized spacial score (nSPS) is 17.5. The highest BCUT2D eigenvalue weighted by atomic mass is 16.4. The monoisotopic (exact) mass is 922 g/mol. The van der Waals surface area contributed by atoms with E-state index in [1.807, 2.05) is 6.92 Å². The Balaban J connectivity index is 1.82. The number of amides is 7. The number of rotatable bonds is 25. The van der Waals surface area contributed by atoms with Crippen LogP contribution in [0.25, 0.3) is 0 Å². The highest BCUT2D eigenvalue weighted by molar-refractivity contribution is 5.97. The van der Waals surface area contributed by atoms with Crippen LogP contribution in [-0.2, 0) is 56.0 Å². The summed E-state index contributed by atoms with van der Waals surface area (Å²) in [4.78, 5) is 120. The summed E-state index contributed by atoms with van der Waals surface area (Å²) in [5.74, 6) is -8.30. The predicted molar refractivity (Wildman–Crippen MR) is 241 cm³/mol. The number of phenols is 1. The van der Waals surface area contributed by atoms with E-state index in [9.17, 15) is 53.4 Å². The molecule has 0 aromatic heterocycles. The topological polar surface area (TPSA) is 316 Å². The maximum atomic E-state index is 14.3. The summed E-state index contributed by atoms with van der Waals surface area (Å²) in [7, 11) is 0. The first-order chi connectivity index (χ1) is 31.2. The number of carboxylic acid groups (broad SMARTS) is 2. The molecule has 1 heterocycles. The van der Waals surface area contributed by atoms with Crippen LogP contribution in [0.3, 0.4) is 0 Å². The minimum atomic E-state index is -1.36. The third-order valence-electron chi connectivity index (χ3n) is 11.8. The molecule has 3 rings (SSSR count). The third-order valence-corrected chi connectivity index (χ3v) is 11.8. The first-order valence-corrected chi connectivity index (χ1v) is 22.3. The number of nitrogens with zero attached hydrogens (tertiary/aromatic N) is 1. The van der Waals surface area contributed by atoms with Gasteiger partial charge < -0.3 is 57.9 Å². The molecule has 1 saturated heterocycles. The van der Waals surface area contributed by atoms with Gasteiger partial charge in [-0.05, 0) is 68.2 Å². The molecule has 0 bridgehead atoms. The lowest BCUT2D eigenvalue weighted by molar-refractivity contribution is -0.150.